The van der Waals surface area contributed by atoms with E-state index in [0.29, 0.717) is 4.48 Å². The number of aliphatic imine (C=N–C) groups is 1. The molecule has 0 radical (unpaired) electrons. The first kappa shape index (κ1) is 17.4. The predicted molar refractivity (Wildman–Crippen MR) is 86.8 cm³/mol. The van der Waals surface area contributed by atoms with E-state index in [9.17, 15) is 5.11 Å². The summed E-state index contributed by atoms with van der Waals surface area (Å²) < 4.78 is 0.701. The van der Waals surface area contributed by atoms with Crippen LogP contribution in [0.25, 0.3) is 0 Å². The number of amidine groups is 1. The lowest BCUT2D eigenvalue weighted by atomic mass is 10.1. The van der Waals surface area contributed by atoms with Crippen LogP contribution in [0.3, 0.4) is 0 Å². The molecule has 0 aromatic rings. The molecule has 0 aliphatic carbocycles. The summed E-state index contributed by atoms with van der Waals surface area (Å²) in [5.74, 6) is 1.22. The number of nitrogens with zero attached hydrogens (tertiary/aromatic N) is 2. The smallest absolute Gasteiger partial charge is 0.200 e. The van der Waals surface area contributed by atoms with E-state index in [0.717, 1.165) is 26.1 Å². The Hall–Kier alpha value is -0.670. The molecule has 3 heteroatoms. The minimum absolute atomic E-state index is 0.324. The van der Waals surface area contributed by atoms with Crippen LogP contribution in [0.4, 0.5) is 0 Å². The van der Waals surface area contributed by atoms with E-state index in [1.54, 1.807) is 0 Å². The van der Waals surface area contributed by atoms with E-state index in [2.05, 4.69) is 31.0 Å². The number of likely N-dealkylation sites (N-methyl/N-ethyl adjacent to an activating group) is 1. The summed E-state index contributed by atoms with van der Waals surface area (Å²) in [4.78, 5) is 4.65. The van der Waals surface area contributed by atoms with Crippen molar-refractivity contribution in [1.29, 1.82) is 0 Å². The van der Waals surface area contributed by atoms with Gasteiger partial charge in [-0.25, -0.2) is 4.99 Å². The maximum atomic E-state index is 10.1. The monoisotopic (exact) mass is 281 g/mol. The van der Waals surface area contributed by atoms with Gasteiger partial charge in [-0.3, -0.25) is 4.48 Å². The highest BCUT2D eigenvalue weighted by atomic mass is 16.3. The molecular weight excluding hydrogens is 248 g/mol. The normalized spacial score (nSPS) is 24.3. The lowest BCUT2D eigenvalue weighted by molar-refractivity contribution is -0.882. The third-order valence-electron chi connectivity index (χ3n) is 4.50. The van der Waals surface area contributed by atoms with Gasteiger partial charge in [0.1, 0.15) is 6.54 Å². The molecule has 0 bridgehead atoms. The van der Waals surface area contributed by atoms with Crippen molar-refractivity contribution < 1.29 is 9.59 Å². The van der Waals surface area contributed by atoms with Crippen molar-refractivity contribution in [3.8, 4) is 0 Å². The van der Waals surface area contributed by atoms with Crippen molar-refractivity contribution in [2.24, 2.45) is 4.99 Å². The zero-order valence-corrected chi connectivity index (χ0v) is 13.6. The van der Waals surface area contributed by atoms with Crippen LogP contribution >= 0.6 is 0 Å². The first-order valence-corrected chi connectivity index (χ1v) is 8.41. The minimum atomic E-state index is -0.324. The summed E-state index contributed by atoms with van der Waals surface area (Å²) in [5, 5.41) is 10.1. The summed E-state index contributed by atoms with van der Waals surface area (Å²) in [5.41, 5.74) is 0. The van der Waals surface area contributed by atoms with Gasteiger partial charge >= 0.3 is 0 Å². The Balaban J connectivity index is 2.26. The Bertz CT molecular complexity index is 323. The van der Waals surface area contributed by atoms with Gasteiger partial charge in [0.2, 0.25) is 5.84 Å². The first-order valence-electron chi connectivity index (χ1n) is 8.41. The highest BCUT2D eigenvalue weighted by Gasteiger charge is 2.40. The van der Waals surface area contributed by atoms with E-state index in [1.165, 1.54) is 44.4 Å². The predicted octanol–water partition coefficient (Wildman–Crippen LogP) is 3.88. The molecule has 116 valence electrons. The summed E-state index contributed by atoms with van der Waals surface area (Å²) >= 11 is 0. The van der Waals surface area contributed by atoms with Crippen LogP contribution in [-0.2, 0) is 0 Å². The fraction of sp³-hybridized carbons (Fsp3) is 0.824. The SMILES string of the molecule is CCCC/C=C/CCCCC1=NCC[N+]1(CC)C(C)O. The average molecular weight is 281 g/mol. The second kappa shape index (κ2) is 9.30. The van der Waals surface area contributed by atoms with E-state index in [4.69, 9.17) is 0 Å². The van der Waals surface area contributed by atoms with Crippen LogP contribution in [0.15, 0.2) is 17.1 Å². The average Bonchev–Trinajstić information content (AvgIpc) is 2.86. The minimum Gasteiger partial charge on any atom is -0.345 e. The van der Waals surface area contributed by atoms with E-state index < -0.39 is 0 Å². The van der Waals surface area contributed by atoms with Crippen LogP contribution in [0.2, 0.25) is 0 Å². The van der Waals surface area contributed by atoms with Crippen LogP contribution in [-0.4, -0.2) is 41.3 Å². The van der Waals surface area contributed by atoms with Crippen LogP contribution in [0.1, 0.15) is 65.7 Å². The van der Waals surface area contributed by atoms with Crippen molar-refractivity contribution in [3.63, 3.8) is 0 Å². The first-order chi connectivity index (χ1) is 9.67. The van der Waals surface area contributed by atoms with Crippen LogP contribution in [0, 0.1) is 0 Å². The molecule has 1 heterocycles. The second-order valence-corrected chi connectivity index (χ2v) is 5.86. The molecule has 2 unspecified atom stereocenters. The Morgan fingerprint density at radius 2 is 1.90 bits per heavy atom. The van der Waals surface area contributed by atoms with Crippen molar-refractivity contribution in [3.05, 3.63) is 12.2 Å². The molecule has 0 aromatic carbocycles. The van der Waals surface area contributed by atoms with Gasteiger partial charge in [-0.1, -0.05) is 31.9 Å². The lowest BCUT2D eigenvalue weighted by Crippen LogP contribution is -2.56. The van der Waals surface area contributed by atoms with Crippen LogP contribution in [0.5, 0.6) is 0 Å². The Morgan fingerprint density at radius 1 is 1.20 bits per heavy atom. The summed E-state index contributed by atoms with van der Waals surface area (Å²) in [6, 6.07) is 0. The molecular formula is C17H33N2O+. The molecule has 20 heavy (non-hydrogen) atoms. The fourth-order valence-electron chi connectivity index (χ4n) is 3.04. The number of allylic oxidation sites excluding steroid dienone is 2. The third-order valence-corrected chi connectivity index (χ3v) is 4.50. The van der Waals surface area contributed by atoms with Crippen LogP contribution < -0.4 is 0 Å². The fourth-order valence-corrected chi connectivity index (χ4v) is 3.04. The van der Waals surface area contributed by atoms with E-state index in [1.807, 2.05) is 6.92 Å². The molecule has 1 aliphatic rings. The van der Waals surface area contributed by atoms with E-state index >= 15 is 0 Å². The van der Waals surface area contributed by atoms with Gasteiger partial charge in [0, 0.05) is 13.3 Å². The molecule has 3 nitrogen and oxygen atoms in total. The summed E-state index contributed by atoms with van der Waals surface area (Å²) in [6.07, 6.45) is 12.8. The van der Waals surface area contributed by atoms with Crippen molar-refractivity contribution in [1.82, 2.24) is 0 Å². The largest absolute Gasteiger partial charge is 0.345 e. The summed E-state index contributed by atoms with van der Waals surface area (Å²) in [7, 11) is 0. The zero-order valence-electron chi connectivity index (χ0n) is 13.6. The lowest BCUT2D eigenvalue weighted by Gasteiger charge is -2.36. The number of rotatable bonds is 10. The maximum absolute atomic E-state index is 10.1. The number of aliphatic hydroxyl groups is 1. The zero-order chi connectivity index (χ0) is 14.8. The maximum Gasteiger partial charge on any atom is 0.200 e. The van der Waals surface area contributed by atoms with E-state index in [-0.39, 0.29) is 6.23 Å². The number of quaternary nitrogens is 1. The molecule has 1 rings (SSSR count). The van der Waals surface area contributed by atoms with Gasteiger partial charge in [0.05, 0.1) is 13.1 Å². The molecule has 0 saturated carbocycles. The molecule has 0 fully saturated rings. The molecule has 2 atom stereocenters. The summed E-state index contributed by atoms with van der Waals surface area (Å²) in [6.45, 7) is 9.10. The topological polar surface area (TPSA) is 32.6 Å². The van der Waals surface area contributed by atoms with Gasteiger partial charge in [-0.15, -0.1) is 0 Å². The van der Waals surface area contributed by atoms with Crippen molar-refractivity contribution >= 4 is 5.84 Å². The number of hydrogen-bond donors (Lipinski definition) is 1. The highest BCUT2D eigenvalue weighted by Crippen LogP contribution is 2.22. The Kier molecular flexibility index (Phi) is 8.08. The van der Waals surface area contributed by atoms with Crippen molar-refractivity contribution in [2.75, 3.05) is 19.6 Å². The quantitative estimate of drug-likeness (QED) is 0.368. The molecule has 0 saturated heterocycles. The standard InChI is InChI=1S/C17H33N2O/c1-4-6-7-8-9-10-11-12-13-17-18-14-15-19(17,5-2)16(3)20/h8-9,16,20H,4-7,10-15H2,1-3H3/q+1/b9-8+. The second-order valence-electron chi connectivity index (χ2n) is 5.86. The third kappa shape index (κ3) is 4.71. The number of unbranched alkanes of at least 4 members (excludes halogenated alkanes) is 4. The molecule has 0 aromatic heterocycles. The molecule has 1 aliphatic heterocycles. The Labute approximate surface area is 125 Å². The number of aliphatic hydroxyl groups excluding tert-OH is 1. The van der Waals surface area contributed by atoms with Gasteiger partial charge in [0.15, 0.2) is 6.23 Å². The van der Waals surface area contributed by atoms with Gasteiger partial charge < -0.3 is 5.11 Å². The van der Waals surface area contributed by atoms with Crippen molar-refractivity contribution in [2.45, 2.75) is 71.9 Å². The van der Waals surface area contributed by atoms with Gasteiger partial charge in [0.25, 0.3) is 0 Å². The van der Waals surface area contributed by atoms with Gasteiger partial charge in [-0.2, -0.15) is 0 Å². The highest BCUT2D eigenvalue weighted by molar-refractivity contribution is 5.76. The molecule has 0 spiro atoms. The molecule has 1 N–H and O–H groups in total. The van der Waals surface area contributed by atoms with Gasteiger partial charge in [-0.05, 0) is 32.6 Å². The molecule has 0 amide bonds. The number of hydrogen-bond acceptors (Lipinski definition) is 2. The Morgan fingerprint density at radius 3 is 2.50 bits per heavy atom.